The van der Waals surface area contributed by atoms with Gasteiger partial charge in [0.05, 0.1) is 17.2 Å². The molecule has 39 heavy (non-hydrogen) atoms. The summed E-state index contributed by atoms with van der Waals surface area (Å²) < 4.78 is 46.4. The minimum Gasteiger partial charge on any atom is -0.498 e. The molecule has 1 atom stereocenters. The van der Waals surface area contributed by atoms with Gasteiger partial charge in [-0.05, 0) is 53.5 Å². The summed E-state index contributed by atoms with van der Waals surface area (Å²) in [5, 5.41) is 8.73. The molecule has 0 spiro atoms. The third-order valence-corrected chi connectivity index (χ3v) is 6.92. The lowest BCUT2D eigenvalue weighted by Crippen LogP contribution is -2.31. The third kappa shape index (κ3) is 9.90. The predicted octanol–water partition coefficient (Wildman–Crippen LogP) is 8.25. The van der Waals surface area contributed by atoms with Crippen molar-refractivity contribution in [2.75, 3.05) is 19.7 Å². The van der Waals surface area contributed by atoms with E-state index in [2.05, 4.69) is 30.9 Å². The molecule has 210 valence electrons. The maximum atomic E-state index is 13.5. The number of carboxylic acid groups (broad SMARTS) is 1. The molecule has 0 aromatic heterocycles. The zero-order valence-electron chi connectivity index (χ0n) is 22.3. The molecular weight excluding hydrogens is 527 g/mol. The lowest BCUT2D eigenvalue weighted by Gasteiger charge is -2.30. The number of benzene rings is 2. The summed E-state index contributed by atoms with van der Waals surface area (Å²) in [7, 11) is 0. The van der Waals surface area contributed by atoms with E-state index in [4.69, 9.17) is 21.4 Å². The van der Waals surface area contributed by atoms with Gasteiger partial charge in [-0.25, -0.2) is 4.79 Å². The first kappa shape index (κ1) is 30.5. The van der Waals surface area contributed by atoms with E-state index in [0.717, 1.165) is 18.6 Å². The smallest absolute Gasteiger partial charge is 0.417 e. The summed E-state index contributed by atoms with van der Waals surface area (Å²) in [6.07, 6.45) is 3.91. The van der Waals surface area contributed by atoms with E-state index >= 15 is 0 Å². The highest BCUT2D eigenvalue weighted by molar-refractivity contribution is 6.32. The summed E-state index contributed by atoms with van der Waals surface area (Å²) in [4.78, 5) is 13.1. The van der Waals surface area contributed by atoms with Crippen molar-refractivity contribution in [3.05, 3.63) is 106 Å². The molecule has 4 nitrogen and oxygen atoms in total. The highest BCUT2D eigenvalue weighted by Crippen LogP contribution is 2.37. The SMILES string of the molecule is CC(C)CC(CN(CCCOC1=CC=CC(=CC(=O)O)C1)Cc1cccc(C(F)(F)F)c1Cl)c1ccccc1. The van der Waals surface area contributed by atoms with Crippen LogP contribution in [0.1, 0.15) is 55.7 Å². The molecule has 0 heterocycles. The van der Waals surface area contributed by atoms with Gasteiger partial charge in [-0.2, -0.15) is 13.2 Å². The van der Waals surface area contributed by atoms with E-state index in [9.17, 15) is 18.0 Å². The number of ether oxygens (including phenoxy) is 1. The van der Waals surface area contributed by atoms with Crippen molar-refractivity contribution in [2.45, 2.75) is 51.7 Å². The average Bonchev–Trinajstić information content (AvgIpc) is 2.86. The Morgan fingerprint density at radius 3 is 2.56 bits per heavy atom. The highest BCUT2D eigenvalue weighted by atomic mass is 35.5. The lowest BCUT2D eigenvalue weighted by molar-refractivity contribution is -0.137. The van der Waals surface area contributed by atoms with Crippen molar-refractivity contribution in [3.8, 4) is 0 Å². The van der Waals surface area contributed by atoms with Gasteiger partial charge < -0.3 is 9.84 Å². The van der Waals surface area contributed by atoms with Crippen LogP contribution in [0, 0.1) is 5.92 Å². The molecule has 0 aliphatic heterocycles. The molecule has 2 aromatic rings. The van der Waals surface area contributed by atoms with Crippen LogP contribution in [0.4, 0.5) is 13.2 Å². The largest absolute Gasteiger partial charge is 0.498 e. The number of alkyl halides is 3. The van der Waals surface area contributed by atoms with Gasteiger partial charge >= 0.3 is 12.1 Å². The summed E-state index contributed by atoms with van der Waals surface area (Å²) in [6, 6.07) is 14.2. The van der Waals surface area contributed by atoms with Crippen molar-refractivity contribution >= 4 is 17.6 Å². The molecule has 1 aliphatic carbocycles. The quantitative estimate of drug-likeness (QED) is 0.197. The minimum atomic E-state index is -4.52. The highest BCUT2D eigenvalue weighted by Gasteiger charge is 2.34. The number of nitrogens with zero attached hydrogens (tertiary/aromatic N) is 1. The first-order valence-electron chi connectivity index (χ1n) is 13.1. The van der Waals surface area contributed by atoms with Gasteiger partial charge in [-0.3, -0.25) is 4.90 Å². The second-order valence-corrected chi connectivity index (χ2v) is 10.6. The van der Waals surface area contributed by atoms with E-state index in [1.54, 1.807) is 18.2 Å². The molecule has 8 heteroatoms. The average molecular weight is 562 g/mol. The van der Waals surface area contributed by atoms with E-state index < -0.39 is 17.7 Å². The zero-order chi connectivity index (χ0) is 28.4. The number of aliphatic carboxylic acids is 1. The Morgan fingerprint density at radius 2 is 1.90 bits per heavy atom. The van der Waals surface area contributed by atoms with Crippen LogP contribution in [-0.4, -0.2) is 35.7 Å². The zero-order valence-corrected chi connectivity index (χ0v) is 23.0. The summed E-state index contributed by atoms with van der Waals surface area (Å²) in [5.41, 5.74) is 1.46. The molecule has 0 fully saturated rings. The van der Waals surface area contributed by atoms with Crippen LogP contribution in [0.2, 0.25) is 5.02 Å². The molecule has 1 N–H and O–H groups in total. The van der Waals surface area contributed by atoms with Crippen molar-refractivity contribution in [3.63, 3.8) is 0 Å². The fraction of sp³-hybridized carbons (Fsp3) is 0.387. The Labute approximate surface area is 233 Å². The van der Waals surface area contributed by atoms with Gasteiger partial charge in [-0.1, -0.05) is 80.1 Å². The standard InChI is InChI=1S/C31H35ClF3NO3/c1-22(2)17-26(24-10-4-3-5-11-24)21-36(20-25-12-7-14-28(30(25)32)31(33,34)35)15-8-16-39-27-13-6-9-23(18-27)19-29(37)38/h3-7,9-14,19,22,26H,8,15-18,20-21H2,1-2H3,(H,37,38). The number of carbonyl (C=O) groups is 1. The third-order valence-electron chi connectivity index (χ3n) is 6.47. The molecule has 3 rings (SSSR count). The van der Waals surface area contributed by atoms with Crippen molar-refractivity contribution in [2.24, 2.45) is 5.92 Å². The summed E-state index contributed by atoms with van der Waals surface area (Å²) in [5.74, 6) is 0.317. The van der Waals surface area contributed by atoms with Crippen molar-refractivity contribution < 1.29 is 27.8 Å². The van der Waals surface area contributed by atoms with Gasteiger partial charge in [-0.15, -0.1) is 0 Å². The summed E-state index contributed by atoms with van der Waals surface area (Å²) >= 11 is 6.26. The number of carboxylic acids is 1. The maximum Gasteiger partial charge on any atom is 0.417 e. The van der Waals surface area contributed by atoms with E-state index in [0.29, 0.717) is 55.4 Å². The Balaban J connectivity index is 1.74. The fourth-order valence-corrected chi connectivity index (χ4v) is 5.06. The van der Waals surface area contributed by atoms with E-state index in [1.807, 2.05) is 24.3 Å². The van der Waals surface area contributed by atoms with E-state index in [-0.39, 0.29) is 17.5 Å². The van der Waals surface area contributed by atoms with Crippen LogP contribution in [0.15, 0.2) is 84.2 Å². The second-order valence-electron chi connectivity index (χ2n) is 10.2. The van der Waals surface area contributed by atoms with Gasteiger partial charge in [0.1, 0.15) is 5.76 Å². The molecule has 0 bridgehead atoms. The first-order chi connectivity index (χ1) is 18.5. The Bertz CT molecular complexity index is 1190. The molecule has 1 aliphatic rings. The van der Waals surface area contributed by atoms with Crippen molar-refractivity contribution in [1.29, 1.82) is 0 Å². The van der Waals surface area contributed by atoms with Crippen LogP contribution in [0.25, 0.3) is 0 Å². The monoisotopic (exact) mass is 561 g/mol. The Morgan fingerprint density at radius 1 is 1.15 bits per heavy atom. The van der Waals surface area contributed by atoms with Crippen LogP contribution in [-0.2, 0) is 22.3 Å². The summed E-state index contributed by atoms with van der Waals surface area (Å²) in [6.45, 7) is 6.25. The van der Waals surface area contributed by atoms with Crippen LogP contribution >= 0.6 is 11.6 Å². The van der Waals surface area contributed by atoms with Gasteiger partial charge in [0.25, 0.3) is 0 Å². The van der Waals surface area contributed by atoms with Crippen LogP contribution in [0.5, 0.6) is 0 Å². The number of allylic oxidation sites excluding steroid dienone is 4. The predicted molar refractivity (Wildman–Crippen MR) is 148 cm³/mol. The number of rotatable bonds is 13. The van der Waals surface area contributed by atoms with Crippen LogP contribution in [0.3, 0.4) is 0 Å². The molecule has 0 saturated heterocycles. The normalized spacial score (nSPS) is 15.6. The van der Waals surface area contributed by atoms with Crippen LogP contribution < -0.4 is 0 Å². The Hall–Kier alpha value is -3.03. The lowest BCUT2D eigenvalue weighted by atomic mass is 9.89. The molecule has 0 radical (unpaired) electrons. The molecule has 2 aromatic carbocycles. The molecular formula is C31H35ClF3NO3. The molecule has 0 amide bonds. The molecule has 1 unspecified atom stereocenters. The van der Waals surface area contributed by atoms with Crippen molar-refractivity contribution in [1.82, 2.24) is 4.90 Å². The second kappa shape index (κ2) is 14.4. The molecule has 0 saturated carbocycles. The van der Waals surface area contributed by atoms with Gasteiger partial charge in [0.15, 0.2) is 0 Å². The Kier molecular flexibility index (Phi) is 11.3. The van der Waals surface area contributed by atoms with E-state index in [1.165, 1.54) is 11.6 Å². The number of hydrogen-bond donors (Lipinski definition) is 1. The topological polar surface area (TPSA) is 49.8 Å². The fourth-order valence-electron chi connectivity index (χ4n) is 4.76. The number of halogens is 4. The first-order valence-corrected chi connectivity index (χ1v) is 13.5. The van der Waals surface area contributed by atoms with Gasteiger partial charge in [0.2, 0.25) is 0 Å². The minimum absolute atomic E-state index is 0.201. The van der Waals surface area contributed by atoms with Gasteiger partial charge in [0, 0.05) is 32.1 Å². The maximum absolute atomic E-state index is 13.5. The number of hydrogen-bond acceptors (Lipinski definition) is 3.